The van der Waals surface area contributed by atoms with Gasteiger partial charge < -0.3 is 10.1 Å². The lowest BCUT2D eigenvalue weighted by Gasteiger charge is -2.16. The highest BCUT2D eigenvalue weighted by Gasteiger charge is 2.27. The average molecular weight is 332 g/mol. The van der Waals surface area contributed by atoms with Gasteiger partial charge in [-0.2, -0.15) is 13.2 Å². The van der Waals surface area contributed by atoms with E-state index in [0.717, 1.165) is 9.35 Å². The zero-order valence-electron chi connectivity index (χ0n) is 9.18. The Morgan fingerprint density at radius 2 is 2.24 bits per heavy atom. The summed E-state index contributed by atoms with van der Waals surface area (Å²) in [6, 6.07) is 1.80. The Bertz CT molecular complexity index is 343. The molecule has 1 unspecified atom stereocenters. The van der Waals surface area contributed by atoms with Gasteiger partial charge in [0, 0.05) is 21.8 Å². The highest BCUT2D eigenvalue weighted by molar-refractivity contribution is 9.10. The SMILES string of the molecule is CNC(COCC(F)(F)F)Cc1sccc1Br. The van der Waals surface area contributed by atoms with Crippen molar-refractivity contribution in [2.45, 2.75) is 18.6 Å². The largest absolute Gasteiger partial charge is 0.411 e. The van der Waals surface area contributed by atoms with E-state index in [-0.39, 0.29) is 12.6 Å². The number of halogens is 4. The Labute approximate surface area is 110 Å². The lowest BCUT2D eigenvalue weighted by Crippen LogP contribution is -2.34. The molecule has 1 atom stereocenters. The molecule has 1 heterocycles. The third-order valence-electron chi connectivity index (χ3n) is 2.12. The molecule has 2 nitrogen and oxygen atoms in total. The van der Waals surface area contributed by atoms with Crippen molar-refractivity contribution in [3.8, 4) is 0 Å². The van der Waals surface area contributed by atoms with E-state index in [0.29, 0.717) is 6.42 Å². The minimum absolute atomic E-state index is 0.0420. The first-order valence-corrected chi connectivity index (χ1v) is 6.63. The van der Waals surface area contributed by atoms with E-state index in [1.807, 2.05) is 11.4 Å². The summed E-state index contributed by atoms with van der Waals surface area (Å²) >= 11 is 4.95. The fourth-order valence-electron chi connectivity index (χ4n) is 1.26. The minimum atomic E-state index is -4.26. The van der Waals surface area contributed by atoms with Gasteiger partial charge in [0.2, 0.25) is 0 Å². The third-order valence-corrected chi connectivity index (χ3v) is 4.06. The Balaban J connectivity index is 2.37. The molecule has 1 N–H and O–H groups in total. The van der Waals surface area contributed by atoms with E-state index in [2.05, 4.69) is 26.0 Å². The summed E-state index contributed by atoms with van der Waals surface area (Å²) in [5, 5.41) is 4.88. The quantitative estimate of drug-likeness (QED) is 0.864. The van der Waals surface area contributed by atoms with E-state index in [1.165, 1.54) is 0 Å². The second-order valence-corrected chi connectivity index (χ2v) is 5.37. The smallest absolute Gasteiger partial charge is 0.370 e. The number of rotatable bonds is 6. The molecule has 0 aliphatic carbocycles. The van der Waals surface area contributed by atoms with Gasteiger partial charge in [-0.1, -0.05) is 0 Å². The van der Waals surface area contributed by atoms with Crippen molar-refractivity contribution >= 4 is 27.3 Å². The maximum atomic E-state index is 11.9. The lowest BCUT2D eigenvalue weighted by molar-refractivity contribution is -0.175. The van der Waals surface area contributed by atoms with Crippen LogP contribution in [0.5, 0.6) is 0 Å². The molecule has 1 aromatic rings. The highest BCUT2D eigenvalue weighted by atomic mass is 79.9. The van der Waals surface area contributed by atoms with Gasteiger partial charge in [-0.25, -0.2) is 0 Å². The van der Waals surface area contributed by atoms with Crippen molar-refractivity contribution in [1.29, 1.82) is 0 Å². The summed E-state index contributed by atoms with van der Waals surface area (Å²) < 4.78 is 41.3. The van der Waals surface area contributed by atoms with Crippen LogP contribution in [0.1, 0.15) is 4.88 Å². The van der Waals surface area contributed by atoms with Gasteiger partial charge in [-0.3, -0.25) is 0 Å². The second kappa shape index (κ2) is 6.72. The molecule has 0 aliphatic heterocycles. The van der Waals surface area contributed by atoms with Crippen LogP contribution in [-0.2, 0) is 11.2 Å². The normalized spacial score (nSPS) is 13.9. The summed E-state index contributed by atoms with van der Waals surface area (Å²) in [5.74, 6) is 0. The zero-order chi connectivity index (χ0) is 12.9. The molecule has 17 heavy (non-hydrogen) atoms. The maximum absolute atomic E-state index is 11.9. The van der Waals surface area contributed by atoms with Crippen molar-refractivity contribution in [3.63, 3.8) is 0 Å². The van der Waals surface area contributed by atoms with Crippen molar-refractivity contribution < 1.29 is 17.9 Å². The van der Waals surface area contributed by atoms with E-state index in [9.17, 15) is 13.2 Å². The fourth-order valence-corrected chi connectivity index (χ4v) is 2.85. The molecule has 7 heteroatoms. The van der Waals surface area contributed by atoms with E-state index in [4.69, 9.17) is 0 Å². The van der Waals surface area contributed by atoms with Gasteiger partial charge in [-0.05, 0) is 34.4 Å². The number of hydrogen-bond donors (Lipinski definition) is 1. The Morgan fingerprint density at radius 1 is 1.53 bits per heavy atom. The molecule has 0 spiro atoms. The van der Waals surface area contributed by atoms with Gasteiger partial charge in [0.25, 0.3) is 0 Å². The van der Waals surface area contributed by atoms with Gasteiger partial charge >= 0.3 is 6.18 Å². The predicted molar refractivity (Wildman–Crippen MR) is 65.4 cm³/mol. The summed E-state index contributed by atoms with van der Waals surface area (Å²) in [4.78, 5) is 1.10. The molecule has 0 saturated carbocycles. The molecule has 1 aromatic heterocycles. The number of likely N-dealkylation sites (N-methyl/N-ethyl adjacent to an activating group) is 1. The predicted octanol–water partition coefficient (Wildman–Crippen LogP) is 3.22. The minimum Gasteiger partial charge on any atom is -0.370 e. The van der Waals surface area contributed by atoms with Crippen molar-refractivity contribution in [3.05, 3.63) is 20.8 Å². The molecule has 0 saturated heterocycles. The topological polar surface area (TPSA) is 21.3 Å². The summed E-state index contributed by atoms with van der Waals surface area (Å²) in [7, 11) is 1.71. The molecule has 98 valence electrons. The van der Waals surface area contributed by atoms with Crippen molar-refractivity contribution in [2.24, 2.45) is 0 Å². The maximum Gasteiger partial charge on any atom is 0.411 e. The third kappa shape index (κ3) is 5.85. The van der Waals surface area contributed by atoms with E-state index in [1.54, 1.807) is 18.4 Å². The van der Waals surface area contributed by atoms with Crippen molar-refractivity contribution in [1.82, 2.24) is 5.32 Å². The summed E-state index contributed by atoms with van der Waals surface area (Å²) in [5.41, 5.74) is 0. The van der Waals surface area contributed by atoms with Gasteiger partial charge in [-0.15, -0.1) is 11.3 Å². The van der Waals surface area contributed by atoms with E-state index >= 15 is 0 Å². The first-order chi connectivity index (χ1) is 7.92. The van der Waals surface area contributed by atoms with Crippen LogP contribution in [0.25, 0.3) is 0 Å². The van der Waals surface area contributed by atoms with Gasteiger partial charge in [0.1, 0.15) is 6.61 Å². The van der Waals surface area contributed by atoms with Gasteiger partial charge in [0.05, 0.1) is 6.61 Å². The standard InChI is InChI=1S/C10H13BrF3NOS/c1-15-7(5-16-6-10(12,13)14)4-9-8(11)2-3-17-9/h2-3,7,15H,4-6H2,1H3. The molecule has 0 amide bonds. The Morgan fingerprint density at radius 3 is 2.71 bits per heavy atom. The number of nitrogens with one attached hydrogen (secondary N) is 1. The zero-order valence-corrected chi connectivity index (χ0v) is 11.6. The van der Waals surface area contributed by atoms with Crippen LogP contribution < -0.4 is 5.32 Å². The van der Waals surface area contributed by atoms with Crippen molar-refractivity contribution in [2.75, 3.05) is 20.3 Å². The van der Waals surface area contributed by atoms with E-state index < -0.39 is 12.8 Å². The average Bonchev–Trinajstić information content (AvgIpc) is 2.61. The number of thiophene rings is 1. The second-order valence-electron chi connectivity index (χ2n) is 3.51. The molecular weight excluding hydrogens is 319 g/mol. The van der Waals surface area contributed by atoms with Gasteiger partial charge in [0.15, 0.2) is 0 Å². The molecule has 0 bridgehead atoms. The first kappa shape index (κ1) is 14.9. The van der Waals surface area contributed by atoms with Crippen LogP contribution in [0.4, 0.5) is 13.2 Å². The monoisotopic (exact) mass is 331 g/mol. The number of alkyl halides is 3. The molecule has 0 aliphatic rings. The molecule has 0 radical (unpaired) electrons. The highest BCUT2D eigenvalue weighted by Crippen LogP contribution is 2.24. The van der Waals surface area contributed by atoms with Crippen LogP contribution >= 0.6 is 27.3 Å². The van der Waals surface area contributed by atoms with Crippen LogP contribution in [-0.4, -0.2) is 32.5 Å². The Hall–Kier alpha value is -0.110. The van der Waals surface area contributed by atoms with Crippen LogP contribution in [0.3, 0.4) is 0 Å². The first-order valence-electron chi connectivity index (χ1n) is 4.96. The summed E-state index contributed by atoms with van der Waals surface area (Å²) in [6.07, 6.45) is -3.62. The number of hydrogen-bond acceptors (Lipinski definition) is 3. The lowest BCUT2D eigenvalue weighted by atomic mass is 10.2. The molecule has 0 aromatic carbocycles. The van der Waals surface area contributed by atoms with Crippen LogP contribution in [0, 0.1) is 0 Å². The van der Waals surface area contributed by atoms with Crippen LogP contribution in [0.2, 0.25) is 0 Å². The fraction of sp³-hybridized carbons (Fsp3) is 0.600. The molecule has 1 rings (SSSR count). The molecular formula is C10H13BrF3NOS. The van der Waals surface area contributed by atoms with Crippen LogP contribution in [0.15, 0.2) is 15.9 Å². The molecule has 0 fully saturated rings. The number of ether oxygens (including phenoxy) is 1. The summed E-state index contributed by atoms with van der Waals surface area (Å²) in [6.45, 7) is -1.16. The Kier molecular flexibility index (Phi) is 5.91.